The molecular formula is C18H34N2O2. The zero-order valence-electron chi connectivity index (χ0n) is 14.7. The van der Waals surface area contributed by atoms with E-state index in [9.17, 15) is 4.79 Å². The van der Waals surface area contributed by atoms with Crippen LogP contribution in [0.1, 0.15) is 78.6 Å². The van der Waals surface area contributed by atoms with E-state index in [4.69, 9.17) is 10.5 Å². The minimum Gasteiger partial charge on any atom is -0.444 e. The van der Waals surface area contributed by atoms with Crippen LogP contribution < -0.4 is 5.73 Å². The molecule has 1 unspecified atom stereocenters. The second kappa shape index (κ2) is 7.20. The third kappa shape index (κ3) is 5.45. The van der Waals surface area contributed by atoms with Gasteiger partial charge in [-0.15, -0.1) is 0 Å². The van der Waals surface area contributed by atoms with Crippen LogP contribution in [0.5, 0.6) is 0 Å². The van der Waals surface area contributed by atoms with Crippen LogP contribution in [0.3, 0.4) is 0 Å². The Balaban J connectivity index is 1.79. The van der Waals surface area contributed by atoms with Gasteiger partial charge in [0.05, 0.1) is 0 Å². The van der Waals surface area contributed by atoms with Crippen molar-refractivity contribution in [3.8, 4) is 0 Å². The van der Waals surface area contributed by atoms with E-state index in [0.29, 0.717) is 5.92 Å². The average Bonchev–Trinajstić information content (AvgIpc) is 2.45. The van der Waals surface area contributed by atoms with Gasteiger partial charge in [-0.3, -0.25) is 0 Å². The van der Waals surface area contributed by atoms with Gasteiger partial charge in [0.2, 0.25) is 0 Å². The van der Waals surface area contributed by atoms with Crippen LogP contribution in [0, 0.1) is 5.92 Å². The lowest BCUT2D eigenvalue weighted by Crippen LogP contribution is -2.45. The second-order valence-electron chi connectivity index (χ2n) is 8.40. The van der Waals surface area contributed by atoms with Crippen LogP contribution >= 0.6 is 0 Å². The number of ether oxygens (including phenoxy) is 1. The summed E-state index contributed by atoms with van der Waals surface area (Å²) in [6.07, 6.45) is 10.7. The Morgan fingerprint density at radius 1 is 1.23 bits per heavy atom. The van der Waals surface area contributed by atoms with Crippen molar-refractivity contribution in [3.63, 3.8) is 0 Å². The van der Waals surface area contributed by atoms with Gasteiger partial charge in [0, 0.05) is 18.6 Å². The summed E-state index contributed by atoms with van der Waals surface area (Å²) in [7, 11) is 0. The number of nitrogens with two attached hydrogens (primary N) is 1. The maximum Gasteiger partial charge on any atom is 0.410 e. The molecule has 128 valence electrons. The van der Waals surface area contributed by atoms with Gasteiger partial charge in [0.1, 0.15) is 5.60 Å². The van der Waals surface area contributed by atoms with Crippen LogP contribution in [0.15, 0.2) is 0 Å². The van der Waals surface area contributed by atoms with Gasteiger partial charge in [-0.2, -0.15) is 0 Å². The van der Waals surface area contributed by atoms with Crippen LogP contribution in [0.25, 0.3) is 0 Å². The number of carbonyl (C=O) groups excluding carboxylic acids is 1. The lowest BCUT2D eigenvalue weighted by Gasteiger charge is -2.37. The first-order valence-corrected chi connectivity index (χ1v) is 9.04. The lowest BCUT2D eigenvalue weighted by atomic mass is 9.77. The van der Waals surface area contributed by atoms with Crippen LogP contribution in [0.4, 0.5) is 4.79 Å². The number of piperidine rings is 1. The van der Waals surface area contributed by atoms with Crippen LogP contribution in [0.2, 0.25) is 0 Å². The predicted molar refractivity (Wildman–Crippen MR) is 89.8 cm³/mol. The molecule has 1 aliphatic carbocycles. The van der Waals surface area contributed by atoms with Gasteiger partial charge in [0.25, 0.3) is 0 Å². The van der Waals surface area contributed by atoms with Crippen molar-refractivity contribution in [2.45, 2.75) is 89.7 Å². The zero-order chi connectivity index (χ0) is 16.2. The van der Waals surface area contributed by atoms with Gasteiger partial charge >= 0.3 is 6.09 Å². The van der Waals surface area contributed by atoms with E-state index in [1.807, 2.05) is 25.7 Å². The summed E-state index contributed by atoms with van der Waals surface area (Å²) in [6.45, 7) is 7.44. The summed E-state index contributed by atoms with van der Waals surface area (Å²) in [6, 6.07) is 0. The fraction of sp³-hybridized carbons (Fsp3) is 0.944. The van der Waals surface area contributed by atoms with E-state index in [2.05, 4.69) is 0 Å². The second-order valence-corrected chi connectivity index (χ2v) is 8.40. The number of nitrogens with zero attached hydrogens (tertiary/aromatic N) is 1. The van der Waals surface area contributed by atoms with Gasteiger partial charge in [-0.25, -0.2) is 4.79 Å². The molecule has 2 aliphatic rings. The van der Waals surface area contributed by atoms with Crippen LogP contribution in [-0.4, -0.2) is 35.2 Å². The number of carbonyl (C=O) groups is 1. The van der Waals surface area contributed by atoms with Crippen LogP contribution in [-0.2, 0) is 4.74 Å². The normalized spacial score (nSPS) is 25.8. The molecular weight excluding hydrogens is 276 g/mol. The number of likely N-dealkylation sites (tertiary alicyclic amines) is 1. The Kier molecular flexibility index (Phi) is 5.76. The summed E-state index contributed by atoms with van der Waals surface area (Å²) >= 11 is 0. The molecule has 0 bridgehead atoms. The molecule has 4 nitrogen and oxygen atoms in total. The fourth-order valence-corrected chi connectivity index (χ4v) is 3.79. The van der Waals surface area contributed by atoms with E-state index < -0.39 is 5.60 Å². The molecule has 0 aromatic heterocycles. The minimum atomic E-state index is -0.409. The molecule has 1 heterocycles. The van der Waals surface area contributed by atoms with Crippen molar-refractivity contribution >= 4 is 6.09 Å². The molecule has 1 saturated heterocycles. The summed E-state index contributed by atoms with van der Waals surface area (Å²) < 4.78 is 5.50. The van der Waals surface area contributed by atoms with E-state index in [1.54, 1.807) is 0 Å². The standard InChI is InChI=1S/C18H34N2O2/c1-17(2,3)22-16(21)20-13-7-8-15(14-20)9-12-18(19)10-5-4-6-11-18/h15H,4-14,19H2,1-3H3. The first-order valence-electron chi connectivity index (χ1n) is 9.04. The molecule has 1 saturated carbocycles. The van der Waals surface area contributed by atoms with E-state index >= 15 is 0 Å². The number of amides is 1. The molecule has 4 heteroatoms. The molecule has 0 radical (unpaired) electrons. The molecule has 1 atom stereocenters. The Morgan fingerprint density at radius 3 is 2.55 bits per heavy atom. The highest BCUT2D eigenvalue weighted by molar-refractivity contribution is 5.68. The number of hydrogen-bond acceptors (Lipinski definition) is 3. The van der Waals surface area contributed by atoms with Gasteiger partial charge in [0.15, 0.2) is 0 Å². The molecule has 0 spiro atoms. The monoisotopic (exact) mass is 310 g/mol. The Bertz CT molecular complexity index is 370. The molecule has 0 aromatic carbocycles. The maximum absolute atomic E-state index is 12.2. The fourth-order valence-electron chi connectivity index (χ4n) is 3.79. The smallest absolute Gasteiger partial charge is 0.410 e. The highest BCUT2D eigenvalue weighted by Gasteiger charge is 2.31. The van der Waals surface area contributed by atoms with Crippen molar-refractivity contribution in [2.24, 2.45) is 11.7 Å². The van der Waals surface area contributed by atoms with Gasteiger partial charge in [-0.05, 0) is 65.2 Å². The van der Waals surface area contributed by atoms with Gasteiger partial charge < -0.3 is 15.4 Å². The van der Waals surface area contributed by atoms with Crippen molar-refractivity contribution < 1.29 is 9.53 Å². The highest BCUT2D eigenvalue weighted by Crippen LogP contribution is 2.32. The van der Waals surface area contributed by atoms with Crippen molar-refractivity contribution in [3.05, 3.63) is 0 Å². The number of hydrogen-bond donors (Lipinski definition) is 1. The van der Waals surface area contributed by atoms with E-state index in [-0.39, 0.29) is 11.6 Å². The third-order valence-electron chi connectivity index (χ3n) is 5.07. The summed E-state index contributed by atoms with van der Waals surface area (Å²) in [4.78, 5) is 14.1. The molecule has 2 fully saturated rings. The summed E-state index contributed by atoms with van der Waals surface area (Å²) in [5.74, 6) is 0.587. The predicted octanol–water partition coefficient (Wildman–Crippen LogP) is 4.08. The zero-order valence-corrected chi connectivity index (χ0v) is 14.7. The van der Waals surface area contributed by atoms with Crippen molar-refractivity contribution in [1.82, 2.24) is 4.90 Å². The lowest BCUT2D eigenvalue weighted by molar-refractivity contribution is 0.0157. The highest BCUT2D eigenvalue weighted by atomic mass is 16.6. The van der Waals surface area contributed by atoms with E-state index in [1.165, 1.54) is 38.5 Å². The molecule has 1 aliphatic heterocycles. The molecule has 2 N–H and O–H groups in total. The SMILES string of the molecule is CC(C)(C)OC(=O)N1CCCC(CCC2(N)CCCCC2)C1. The summed E-state index contributed by atoms with van der Waals surface area (Å²) in [5.41, 5.74) is 6.20. The Hall–Kier alpha value is -0.770. The molecule has 0 aromatic rings. The molecule has 2 rings (SSSR count). The minimum absolute atomic E-state index is 0.0620. The maximum atomic E-state index is 12.2. The molecule has 1 amide bonds. The van der Waals surface area contributed by atoms with Crippen molar-refractivity contribution in [1.29, 1.82) is 0 Å². The Morgan fingerprint density at radius 2 is 1.91 bits per heavy atom. The topological polar surface area (TPSA) is 55.6 Å². The van der Waals surface area contributed by atoms with Gasteiger partial charge in [-0.1, -0.05) is 19.3 Å². The quantitative estimate of drug-likeness (QED) is 0.854. The number of rotatable bonds is 3. The average molecular weight is 310 g/mol. The first-order chi connectivity index (χ1) is 10.3. The van der Waals surface area contributed by atoms with E-state index in [0.717, 1.165) is 32.4 Å². The third-order valence-corrected chi connectivity index (χ3v) is 5.07. The van der Waals surface area contributed by atoms with Crippen molar-refractivity contribution in [2.75, 3.05) is 13.1 Å². The Labute approximate surface area is 135 Å². The largest absolute Gasteiger partial charge is 0.444 e. The first kappa shape index (κ1) is 17.6. The molecule has 22 heavy (non-hydrogen) atoms. The summed E-state index contributed by atoms with van der Waals surface area (Å²) in [5, 5.41) is 0.